The molecule has 0 spiro atoms. The second kappa shape index (κ2) is 8.52. The first-order chi connectivity index (χ1) is 12.5. The van der Waals surface area contributed by atoms with Crippen LogP contribution in [0.15, 0.2) is 42.5 Å². The van der Waals surface area contributed by atoms with Gasteiger partial charge in [0, 0.05) is 18.3 Å². The van der Waals surface area contributed by atoms with Gasteiger partial charge in [0.1, 0.15) is 0 Å². The van der Waals surface area contributed by atoms with Crippen molar-refractivity contribution in [2.45, 2.75) is 0 Å². The molecule has 4 N–H and O–H groups in total. The number of hydrogen-bond acceptors (Lipinski definition) is 5. The number of amides is 3. The summed E-state index contributed by atoms with van der Waals surface area (Å²) in [6, 6.07) is 11.1. The van der Waals surface area contributed by atoms with Crippen LogP contribution in [0.4, 0.5) is 5.69 Å². The predicted molar refractivity (Wildman–Crippen MR) is 95.5 cm³/mol. The summed E-state index contributed by atoms with van der Waals surface area (Å²) in [5.74, 6) is -1.05. The van der Waals surface area contributed by atoms with E-state index in [1.807, 2.05) is 0 Å². The Balaban J connectivity index is 2.08. The maximum atomic E-state index is 12.1. The summed E-state index contributed by atoms with van der Waals surface area (Å²) >= 11 is 0. The Morgan fingerprint density at radius 3 is 2.50 bits per heavy atom. The van der Waals surface area contributed by atoms with Gasteiger partial charge in [0.05, 0.1) is 12.7 Å². The zero-order valence-electron chi connectivity index (χ0n) is 14.4. The third-order valence-corrected chi connectivity index (χ3v) is 3.45. The van der Waals surface area contributed by atoms with E-state index < -0.39 is 11.8 Å². The number of primary amides is 1. The molecule has 2 rings (SSSR count). The molecule has 26 heavy (non-hydrogen) atoms. The zero-order valence-corrected chi connectivity index (χ0v) is 14.4. The minimum atomic E-state index is -0.697. The topological polar surface area (TPSA) is 120 Å². The van der Waals surface area contributed by atoms with E-state index in [0.717, 1.165) is 0 Å². The fourth-order valence-corrected chi connectivity index (χ4v) is 2.24. The number of carbonyl (C=O) groups excluding carboxylic acids is 3. The van der Waals surface area contributed by atoms with E-state index in [-0.39, 0.29) is 29.6 Å². The first-order valence-electron chi connectivity index (χ1n) is 7.68. The highest BCUT2D eigenvalue weighted by atomic mass is 16.5. The van der Waals surface area contributed by atoms with Gasteiger partial charge in [-0.25, -0.2) is 0 Å². The molecule has 0 fully saturated rings. The highest BCUT2D eigenvalue weighted by Gasteiger charge is 2.16. The molecule has 8 heteroatoms. The van der Waals surface area contributed by atoms with Gasteiger partial charge < -0.3 is 25.8 Å². The van der Waals surface area contributed by atoms with E-state index in [4.69, 9.17) is 15.2 Å². The lowest BCUT2D eigenvalue weighted by Gasteiger charge is -2.13. The van der Waals surface area contributed by atoms with Crippen molar-refractivity contribution in [2.75, 3.05) is 26.1 Å². The van der Waals surface area contributed by atoms with E-state index in [2.05, 4.69) is 10.6 Å². The van der Waals surface area contributed by atoms with Crippen molar-refractivity contribution in [3.8, 4) is 11.5 Å². The molecule has 2 aromatic carbocycles. The summed E-state index contributed by atoms with van der Waals surface area (Å²) in [5.41, 5.74) is 6.27. The van der Waals surface area contributed by atoms with Crippen LogP contribution in [-0.2, 0) is 4.79 Å². The predicted octanol–water partition coefficient (Wildman–Crippen LogP) is 1.17. The van der Waals surface area contributed by atoms with Gasteiger partial charge in [-0.15, -0.1) is 0 Å². The SMILES string of the molecule is CNC(=O)c1cccc(NC(=O)COc2c(OC)cccc2C(N)=O)c1. The second-order valence-electron chi connectivity index (χ2n) is 5.20. The molecular weight excluding hydrogens is 338 g/mol. The zero-order chi connectivity index (χ0) is 19.1. The average Bonchev–Trinajstić information content (AvgIpc) is 2.65. The number of rotatable bonds is 7. The van der Waals surface area contributed by atoms with Gasteiger partial charge in [0.2, 0.25) is 0 Å². The molecule has 3 amide bonds. The van der Waals surface area contributed by atoms with Crippen LogP contribution in [0, 0.1) is 0 Å². The van der Waals surface area contributed by atoms with Crippen LogP contribution < -0.4 is 25.8 Å². The third-order valence-electron chi connectivity index (χ3n) is 3.45. The van der Waals surface area contributed by atoms with Crippen molar-refractivity contribution in [1.29, 1.82) is 0 Å². The fraction of sp³-hybridized carbons (Fsp3) is 0.167. The van der Waals surface area contributed by atoms with Gasteiger partial charge >= 0.3 is 0 Å². The molecule has 0 aliphatic rings. The monoisotopic (exact) mass is 357 g/mol. The van der Waals surface area contributed by atoms with Crippen molar-refractivity contribution in [2.24, 2.45) is 5.73 Å². The quantitative estimate of drug-likeness (QED) is 0.687. The summed E-state index contributed by atoms with van der Waals surface area (Å²) in [6.45, 7) is -0.370. The minimum absolute atomic E-state index is 0.0942. The van der Waals surface area contributed by atoms with Crippen LogP contribution >= 0.6 is 0 Å². The average molecular weight is 357 g/mol. The second-order valence-corrected chi connectivity index (χ2v) is 5.20. The first kappa shape index (κ1) is 18.8. The van der Waals surface area contributed by atoms with Crippen LogP contribution in [0.25, 0.3) is 0 Å². The van der Waals surface area contributed by atoms with Gasteiger partial charge in [-0.05, 0) is 30.3 Å². The summed E-state index contributed by atoms with van der Waals surface area (Å²) in [7, 11) is 2.93. The first-order valence-corrected chi connectivity index (χ1v) is 7.68. The fourth-order valence-electron chi connectivity index (χ4n) is 2.24. The number of ether oxygens (including phenoxy) is 2. The summed E-state index contributed by atoms with van der Waals surface area (Å²) < 4.78 is 10.6. The molecule has 0 bridgehead atoms. The molecule has 136 valence electrons. The molecule has 0 radical (unpaired) electrons. The van der Waals surface area contributed by atoms with Crippen molar-refractivity contribution in [1.82, 2.24) is 5.32 Å². The lowest BCUT2D eigenvalue weighted by molar-refractivity contribution is -0.118. The Morgan fingerprint density at radius 2 is 1.85 bits per heavy atom. The maximum Gasteiger partial charge on any atom is 0.262 e. The van der Waals surface area contributed by atoms with Gasteiger partial charge in [-0.3, -0.25) is 14.4 Å². The molecule has 0 aliphatic carbocycles. The molecule has 0 saturated heterocycles. The lowest BCUT2D eigenvalue weighted by atomic mass is 10.1. The van der Waals surface area contributed by atoms with E-state index >= 15 is 0 Å². The van der Waals surface area contributed by atoms with E-state index in [9.17, 15) is 14.4 Å². The van der Waals surface area contributed by atoms with Gasteiger partial charge in [-0.2, -0.15) is 0 Å². The highest BCUT2D eigenvalue weighted by Crippen LogP contribution is 2.30. The van der Waals surface area contributed by atoms with Crippen molar-refractivity contribution in [3.63, 3.8) is 0 Å². The standard InChI is InChI=1S/C18H19N3O5/c1-20-18(24)11-5-3-6-12(9-11)21-15(22)10-26-16-13(17(19)23)7-4-8-14(16)25-2/h3-9H,10H2,1-2H3,(H2,19,23)(H,20,24)(H,21,22). The van der Waals surface area contributed by atoms with Crippen LogP contribution in [0.2, 0.25) is 0 Å². The Kier molecular flexibility index (Phi) is 6.15. The molecule has 8 nitrogen and oxygen atoms in total. The van der Waals surface area contributed by atoms with Crippen molar-refractivity contribution in [3.05, 3.63) is 53.6 Å². The molecule has 2 aromatic rings. The largest absolute Gasteiger partial charge is 0.493 e. The molecule has 0 saturated carbocycles. The summed E-state index contributed by atoms with van der Waals surface area (Å²) in [5, 5.41) is 5.12. The number of anilines is 1. The lowest BCUT2D eigenvalue weighted by Crippen LogP contribution is -2.22. The molecule has 0 aliphatic heterocycles. The van der Waals surface area contributed by atoms with Crippen LogP contribution in [0.3, 0.4) is 0 Å². The van der Waals surface area contributed by atoms with Crippen LogP contribution in [0.1, 0.15) is 20.7 Å². The number of nitrogens with one attached hydrogen (secondary N) is 2. The third kappa shape index (κ3) is 4.50. The number of nitrogens with two attached hydrogens (primary N) is 1. The molecule has 0 unspecified atom stereocenters. The van der Waals surface area contributed by atoms with Crippen LogP contribution in [-0.4, -0.2) is 38.5 Å². The Labute approximate surface area is 150 Å². The Hall–Kier alpha value is -3.55. The Bertz CT molecular complexity index is 835. The van der Waals surface area contributed by atoms with Crippen molar-refractivity contribution >= 4 is 23.4 Å². The number of hydrogen-bond donors (Lipinski definition) is 3. The van der Waals surface area contributed by atoms with Crippen molar-refractivity contribution < 1.29 is 23.9 Å². The minimum Gasteiger partial charge on any atom is -0.493 e. The normalized spacial score (nSPS) is 9.92. The van der Waals surface area contributed by atoms with Gasteiger partial charge in [0.25, 0.3) is 17.7 Å². The smallest absolute Gasteiger partial charge is 0.262 e. The number of para-hydroxylation sites is 1. The molecular formula is C18H19N3O5. The van der Waals surface area contributed by atoms with Gasteiger partial charge in [-0.1, -0.05) is 12.1 Å². The van der Waals surface area contributed by atoms with E-state index in [0.29, 0.717) is 11.3 Å². The molecule has 0 aromatic heterocycles. The summed E-state index contributed by atoms with van der Waals surface area (Å²) in [6.07, 6.45) is 0. The number of methoxy groups -OCH3 is 1. The highest BCUT2D eigenvalue weighted by molar-refractivity contribution is 5.98. The Morgan fingerprint density at radius 1 is 1.12 bits per heavy atom. The molecule has 0 atom stereocenters. The maximum absolute atomic E-state index is 12.1. The number of carbonyl (C=O) groups is 3. The van der Waals surface area contributed by atoms with Crippen LogP contribution in [0.5, 0.6) is 11.5 Å². The summed E-state index contributed by atoms with van der Waals surface area (Å²) in [4.78, 5) is 35.3. The molecule has 0 heterocycles. The van der Waals surface area contributed by atoms with E-state index in [1.165, 1.54) is 26.3 Å². The van der Waals surface area contributed by atoms with Gasteiger partial charge in [0.15, 0.2) is 18.1 Å². The number of benzene rings is 2. The van der Waals surface area contributed by atoms with E-state index in [1.54, 1.807) is 30.3 Å².